The first-order valence-electron chi connectivity index (χ1n) is 13.1. The Morgan fingerprint density at radius 2 is 1.69 bits per heavy atom. The van der Waals surface area contributed by atoms with Gasteiger partial charge in [-0.2, -0.15) is 4.31 Å². The number of likely N-dealkylation sites (N-methyl/N-ethyl adjacent to an activating group) is 1. The summed E-state index contributed by atoms with van der Waals surface area (Å²) in [5, 5.41) is 23.5. The number of hydrogen-bond acceptors (Lipinski definition) is 6. The van der Waals surface area contributed by atoms with Gasteiger partial charge >= 0.3 is 5.97 Å². The lowest BCUT2D eigenvalue weighted by molar-refractivity contribution is 0.0698. The lowest BCUT2D eigenvalue weighted by Crippen LogP contribution is -2.47. The normalized spacial score (nSPS) is 14.9. The number of nitrogen functional groups attached to an aromatic ring is 1. The smallest absolute Gasteiger partial charge is 0.337 e. The highest BCUT2D eigenvalue weighted by molar-refractivity contribution is 7.89. The van der Waals surface area contributed by atoms with Crippen molar-refractivity contribution >= 4 is 21.7 Å². The van der Waals surface area contributed by atoms with Crippen LogP contribution in [-0.2, 0) is 22.9 Å². The maximum absolute atomic E-state index is 13.3. The Morgan fingerprint density at radius 3 is 2.33 bits per heavy atom. The highest BCUT2D eigenvalue weighted by Crippen LogP contribution is 2.32. The van der Waals surface area contributed by atoms with Crippen LogP contribution in [0, 0.1) is 5.92 Å². The summed E-state index contributed by atoms with van der Waals surface area (Å²) in [5.74, 6) is -0.623. The van der Waals surface area contributed by atoms with Crippen LogP contribution in [0.4, 0.5) is 5.69 Å². The average molecular weight is 552 g/mol. The SMILES string of the molecule is CN(C[C@H](O)CNC(C)(C)CC1Cc2ccccc2C1)S(=O)(=O)c1cccc(-c2ccc(N)c(C(=O)O)c2)c1. The molecule has 0 amide bonds. The minimum Gasteiger partial charge on any atom is -0.478 e. The molecule has 0 aromatic heterocycles. The summed E-state index contributed by atoms with van der Waals surface area (Å²) in [7, 11) is -2.46. The van der Waals surface area contributed by atoms with Gasteiger partial charge in [-0.3, -0.25) is 0 Å². The van der Waals surface area contributed by atoms with Gasteiger partial charge in [0.25, 0.3) is 0 Å². The minimum absolute atomic E-state index is 0.0473. The molecule has 0 radical (unpaired) electrons. The predicted octanol–water partition coefficient (Wildman–Crippen LogP) is 3.79. The van der Waals surface area contributed by atoms with Gasteiger partial charge in [0.15, 0.2) is 0 Å². The van der Waals surface area contributed by atoms with Gasteiger partial charge in [-0.05, 0) is 85.5 Å². The first kappa shape index (κ1) is 28.8. The van der Waals surface area contributed by atoms with E-state index in [-0.39, 0.29) is 34.8 Å². The lowest BCUT2D eigenvalue weighted by Gasteiger charge is -2.31. The van der Waals surface area contributed by atoms with Crippen molar-refractivity contribution in [2.75, 3.05) is 25.9 Å². The Bertz CT molecular complexity index is 1430. The van der Waals surface area contributed by atoms with Gasteiger partial charge in [0, 0.05) is 31.4 Å². The average Bonchev–Trinajstić information content (AvgIpc) is 3.29. The van der Waals surface area contributed by atoms with E-state index in [1.54, 1.807) is 18.2 Å². The molecule has 0 saturated carbocycles. The molecule has 0 fully saturated rings. The van der Waals surface area contributed by atoms with E-state index in [9.17, 15) is 23.4 Å². The van der Waals surface area contributed by atoms with Crippen molar-refractivity contribution < 1.29 is 23.4 Å². The number of rotatable bonds is 11. The fourth-order valence-electron chi connectivity index (χ4n) is 5.38. The van der Waals surface area contributed by atoms with Gasteiger partial charge in [0.05, 0.1) is 16.6 Å². The molecule has 1 aliphatic carbocycles. The van der Waals surface area contributed by atoms with Gasteiger partial charge in [-0.25, -0.2) is 13.2 Å². The van der Waals surface area contributed by atoms with Gasteiger partial charge in [-0.1, -0.05) is 42.5 Å². The molecule has 4 rings (SSSR count). The number of nitrogens with zero attached hydrogens (tertiary/aromatic N) is 1. The summed E-state index contributed by atoms with van der Waals surface area (Å²) >= 11 is 0. The molecule has 0 saturated heterocycles. The van der Waals surface area contributed by atoms with Gasteiger partial charge in [0.1, 0.15) is 0 Å². The number of nitrogens with one attached hydrogen (secondary N) is 1. The van der Waals surface area contributed by atoms with Crippen LogP contribution in [0.3, 0.4) is 0 Å². The Hall–Kier alpha value is -3.24. The molecule has 1 aliphatic rings. The number of anilines is 1. The van der Waals surface area contributed by atoms with E-state index in [1.165, 1.54) is 42.4 Å². The van der Waals surface area contributed by atoms with Gasteiger partial charge in [-0.15, -0.1) is 0 Å². The molecular weight excluding hydrogens is 514 g/mol. The molecule has 0 bridgehead atoms. The third-order valence-electron chi connectivity index (χ3n) is 7.38. The molecule has 39 heavy (non-hydrogen) atoms. The van der Waals surface area contributed by atoms with Crippen molar-refractivity contribution in [3.8, 4) is 11.1 Å². The van der Waals surface area contributed by atoms with E-state index >= 15 is 0 Å². The second-order valence-electron chi connectivity index (χ2n) is 11.1. The van der Waals surface area contributed by atoms with E-state index in [2.05, 4.69) is 43.4 Å². The zero-order valence-electron chi connectivity index (χ0n) is 22.6. The van der Waals surface area contributed by atoms with Crippen molar-refractivity contribution in [3.63, 3.8) is 0 Å². The molecule has 3 aromatic rings. The molecule has 5 N–H and O–H groups in total. The summed E-state index contributed by atoms with van der Waals surface area (Å²) in [4.78, 5) is 11.5. The summed E-state index contributed by atoms with van der Waals surface area (Å²) in [6, 6.07) is 19.4. The van der Waals surface area contributed by atoms with Crippen LogP contribution in [0.15, 0.2) is 71.6 Å². The quantitative estimate of drug-likeness (QED) is 0.267. The first-order chi connectivity index (χ1) is 18.4. The maximum Gasteiger partial charge on any atom is 0.337 e. The highest BCUT2D eigenvalue weighted by Gasteiger charge is 2.29. The fraction of sp³-hybridized carbons (Fsp3) is 0.367. The summed E-state index contributed by atoms with van der Waals surface area (Å²) < 4.78 is 27.7. The number of sulfonamides is 1. The van der Waals surface area contributed by atoms with E-state index in [0.29, 0.717) is 17.0 Å². The molecule has 0 aliphatic heterocycles. The number of aliphatic hydroxyl groups excluding tert-OH is 1. The number of aliphatic hydroxyl groups is 1. The van der Waals surface area contributed by atoms with Crippen LogP contribution >= 0.6 is 0 Å². The topological polar surface area (TPSA) is 133 Å². The van der Waals surface area contributed by atoms with E-state index in [4.69, 9.17) is 5.73 Å². The van der Waals surface area contributed by atoms with E-state index < -0.39 is 22.1 Å². The zero-order chi connectivity index (χ0) is 28.4. The highest BCUT2D eigenvalue weighted by atomic mass is 32.2. The number of β-amino-alcohol motifs (C(OH)–C–C–N with tert-alkyl or cyclic N) is 1. The maximum atomic E-state index is 13.3. The molecule has 208 valence electrons. The minimum atomic E-state index is -3.90. The molecule has 0 unspecified atom stereocenters. The van der Waals surface area contributed by atoms with Crippen LogP contribution < -0.4 is 11.1 Å². The second-order valence-corrected chi connectivity index (χ2v) is 13.1. The number of hydrogen-bond donors (Lipinski definition) is 4. The van der Waals surface area contributed by atoms with Crippen molar-refractivity contribution in [1.29, 1.82) is 0 Å². The molecule has 0 heterocycles. The van der Waals surface area contributed by atoms with Gasteiger partial charge < -0.3 is 21.3 Å². The largest absolute Gasteiger partial charge is 0.478 e. The van der Waals surface area contributed by atoms with Crippen molar-refractivity contribution in [2.45, 2.75) is 49.6 Å². The molecule has 0 spiro atoms. The Labute approximate surface area is 230 Å². The Balaban J connectivity index is 1.36. The van der Waals surface area contributed by atoms with Crippen molar-refractivity contribution in [1.82, 2.24) is 9.62 Å². The summed E-state index contributed by atoms with van der Waals surface area (Å²) in [6.45, 7) is 4.41. The Kier molecular flexibility index (Phi) is 8.46. The fourth-order valence-corrected chi connectivity index (χ4v) is 6.63. The first-order valence-corrected chi connectivity index (χ1v) is 14.5. The van der Waals surface area contributed by atoms with E-state index in [1.807, 2.05) is 0 Å². The second kappa shape index (κ2) is 11.5. The molecule has 1 atom stereocenters. The number of aromatic carboxylic acids is 1. The molecule has 8 nitrogen and oxygen atoms in total. The van der Waals surface area contributed by atoms with Crippen LogP contribution in [0.25, 0.3) is 11.1 Å². The van der Waals surface area contributed by atoms with Crippen molar-refractivity contribution in [3.05, 3.63) is 83.4 Å². The van der Waals surface area contributed by atoms with Crippen molar-refractivity contribution in [2.24, 2.45) is 5.92 Å². The lowest BCUT2D eigenvalue weighted by atomic mass is 9.88. The summed E-state index contributed by atoms with van der Waals surface area (Å²) in [5.41, 5.74) is 9.53. The number of fused-ring (bicyclic) bond motifs is 1. The standard InChI is InChI=1S/C30H37N3O5S/c1-30(2,17-20-13-21-7-4-5-8-22(21)14-20)32-18-25(34)19-33(3)39(37,38)26-10-6-9-23(15-26)24-11-12-28(31)27(16-24)29(35)36/h4-12,15-16,20,25,32,34H,13-14,17-19,31H2,1-3H3,(H,35,36)/t25-/m1/s1. The molecule has 9 heteroatoms. The number of carboxylic acid groups (broad SMARTS) is 1. The number of nitrogens with two attached hydrogens (primary N) is 1. The number of carbonyl (C=O) groups is 1. The summed E-state index contributed by atoms with van der Waals surface area (Å²) in [6.07, 6.45) is 2.16. The number of benzene rings is 3. The predicted molar refractivity (Wildman–Crippen MR) is 153 cm³/mol. The Morgan fingerprint density at radius 1 is 1.05 bits per heavy atom. The van der Waals surface area contributed by atoms with Crippen LogP contribution in [-0.4, -0.2) is 60.7 Å². The van der Waals surface area contributed by atoms with Crippen LogP contribution in [0.2, 0.25) is 0 Å². The third kappa shape index (κ3) is 6.86. The van der Waals surface area contributed by atoms with Crippen LogP contribution in [0.1, 0.15) is 41.8 Å². The van der Waals surface area contributed by atoms with Gasteiger partial charge in [0.2, 0.25) is 10.0 Å². The number of carboxylic acids is 1. The third-order valence-corrected chi connectivity index (χ3v) is 9.20. The monoisotopic (exact) mass is 551 g/mol. The molecule has 3 aromatic carbocycles. The van der Waals surface area contributed by atoms with Crippen LogP contribution in [0.5, 0.6) is 0 Å². The van der Waals surface area contributed by atoms with E-state index in [0.717, 1.165) is 23.6 Å². The molecular formula is C30H37N3O5S. The zero-order valence-corrected chi connectivity index (χ0v) is 23.4.